The van der Waals surface area contributed by atoms with Gasteiger partial charge in [0.1, 0.15) is 17.2 Å². The standard InChI is InChI=1S/C17H14ClFO/c1-11-6-7-16-13(8-11)10-17(20-16)14(18)9-12-4-2-3-5-15(12)19/h2-8,10,14H,9H2,1H3. The van der Waals surface area contributed by atoms with Crippen molar-refractivity contribution in [2.45, 2.75) is 18.7 Å². The van der Waals surface area contributed by atoms with Gasteiger partial charge in [0.2, 0.25) is 0 Å². The molecular weight excluding hydrogens is 275 g/mol. The Morgan fingerprint density at radius 3 is 2.75 bits per heavy atom. The van der Waals surface area contributed by atoms with Crippen LogP contribution in [0, 0.1) is 12.7 Å². The Bertz CT molecular complexity index is 748. The summed E-state index contributed by atoms with van der Waals surface area (Å²) in [5.41, 5.74) is 2.58. The van der Waals surface area contributed by atoms with Crippen molar-refractivity contribution in [1.29, 1.82) is 0 Å². The van der Waals surface area contributed by atoms with Crippen molar-refractivity contribution in [3.63, 3.8) is 0 Å². The van der Waals surface area contributed by atoms with Crippen molar-refractivity contribution in [3.8, 4) is 0 Å². The Morgan fingerprint density at radius 1 is 1.15 bits per heavy atom. The van der Waals surface area contributed by atoms with Crippen molar-refractivity contribution in [2.75, 3.05) is 0 Å². The molecule has 0 aliphatic heterocycles. The van der Waals surface area contributed by atoms with Gasteiger partial charge in [-0.05, 0) is 43.2 Å². The molecule has 1 nitrogen and oxygen atoms in total. The summed E-state index contributed by atoms with van der Waals surface area (Å²) in [6.45, 7) is 2.03. The van der Waals surface area contributed by atoms with Gasteiger partial charge in [-0.2, -0.15) is 0 Å². The van der Waals surface area contributed by atoms with E-state index in [0.717, 1.165) is 11.0 Å². The molecule has 0 aliphatic carbocycles. The van der Waals surface area contributed by atoms with Gasteiger partial charge < -0.3 is 4.42 Å². The number of benzene rings is 2. The highest BCUT2D eigenvalue weighted by molar-refractivity contribution is 6.20. The van der Waals surface area contributed by atoms with Crippen LogP contribution in [0.1, 0.15) is 22.3 Å². The van der Waals surface area contributed by atoms with Crippen LogP contribution < -0.4 is 0 Å². The maximum Gasteiger partial charge on any atom is 0.134 e. The predicted octanol–water partition coefficient (Wildman–Crippen LogP) is 5.40. The second-order valence-corrected chi connectivity index (χ2v) is 5.48. The van der Waals surface area contributed by atoms with Crippen LogP contribution in [0.15, 0.2) is 52.9 Å². The summed E-state index contributed by atoms with van der Waals surface area (Å²) in [4.78, 5) is 0. The summed E-state index contributed by atoms with van der Waals surface area (Å²) in [5, 5.41) is 0.652. The topological polar surface area (TPSA) is 13.1 Å². The van der Waals surface area contributed by atoms with E-state index in [1.807, 2.05) is 31.2 Å². The average Bonchev–Trinajstić information content (AvgIpc) is 2.84. The average molecular weight is 289 g/mol. The first-order valence-electron chi connectivity index (χ1n) is 6.51. The van der Waals surface area contributed by atoms with Crippen LogP contribution >= 0.6 is 11.6 Å². The maximum atomic E-state index is 13.6. The number of aryl methyl sites for hydroxylation is 1. The largest absolute Gasteiger partial charge is 0.459 e. The summed E-state index contributed by atoms with van der Waals surface area (Å²) in [7, 11) is 0. The molecule has 0 saturated heterocycles. The van der Waals surface area contributed by atoms with Crippen molar-refractivity contribution in [1.82, 2.24) is 0 Å². The molecule has 1 unspecified atom stereocenters. The Hall–Kier alpha value is -1.80. The Balaban J connectivity index is 1.89. The van der Waals surface area contributed by atoms with Crippen LogP contribution in [0.5, 0.6) is 0 Å². The monoisotopic (exact) mass is 288 g/mol. The molecular formula is C17H14ClFO. The Kier molecular flexibility index (Phi) is 3.49. The lowest BCUT2D eigenvalue weighted by Crippen LogP contribution is -1.97. The highest BCUT2D eigenvalue weighted by Gasteiger charge is 2.16. The second kappa shape index (κ2) is 5.29. The van der Waals surface area contributed by atoms with E-state index in [0.29, 0.717) is 17.7 Å². The summed E-state index contributed by atoms with van der Waals surface area (Å²) in [6, 6.07) is 14.6. The van der Waals surface area contributed by atoms with Crippen LogP contribution in [-0.2, 0) is 6.42 Å². The molecule has 1 atom stereocenters. The quantitative estimate of drug-likeness (QED) is 0.588. The summed E-state index contributed by atoms with van der Waals surface area (Å²) in [6.07, 6.45) is 0.410. The van der Waals surface area contributed by atoms with Gasteiger partial charge in [-0.1, -0.05) is 29.8 Å². The molecule has 0 bridgehead atoms. The molecule has 3 aromatic rings. The Morgan fingerprint density at radius 2 is 1.95 bits per heavy atom. The predicted molar refractivity (Wildman–Crippen MR) is 79.6 cm³/mol. The van der Waals surface area contributed by atoms with Gasteiger partial charge in [0.15, 0.2) is 0 Å². The minimum absolute atomic E-state index is 0.231. The van der Waals surface area contributed by atoms with Crippen LogP contribution in [0.25, 0.3) is 11.0 Å². The van der Waals surface area contributed by atoms with E-state index in [1.165, 1.54) is 11.6 Å². The number of halogens is 2. The van der Waals surface area contributed by atoms with E-state index in [1.54, 1.807) is 12.1 Å². The third kappa shape index (κ3) is 2.56. The van der Waals surface area contributed by atoms with Crippen molar-refractivity contribution >= 4 is 22.6 Å². The molecule has 0 N–H and O–H groups in total. The first kappa shape index (κ1) is 13.2. The molecule has 2 aromatic carbocycles. The molecule has 0 saturated carbocycles. The molecule has 3 rings (SSSR count). The lowest BCUT2D eigenvalue weighted by atomic mass is 10.1. The first-order chi connectivity index (χ1) is 9.63. The SMILES string of the molecule is Cc1ccc2oc(C(Cl)Cc3ccccc3F)cc2c1. The number of furan rings is 1. The van der Waals surface area contributed by atoms with Gasteiger partial charge in [0.05, 0.1) is 5.38 Å². The zero-order valence-electron chi connectivity index (χ0n) is 11.1. The fourth-order valence-electron chi connectivity index (χ4n) is 2.30. The van der Waals surface area contributed by atoms with Crippen molar-refractivity contribution in [3.05, 3.63) is 71.2 Å². The number of alkyl halides is 1. The van der Waals surface area contributed by atoms with Gasteiger partial charge >= 0.3 is 0 Å². The van der Waals surface area contributed by atoms with Crippen molar-refractivity contribution < 1.29 is 8.81 Å². The van der Waals surface area contributed by atoms with Crippen LogP contribution in [0.4, 0.5) is 4.39 Å². The lowest BCUT2D eigenvalue weighted by Gasteiger charge is -2.07. The van der Waals surface area contributed by atoms with Gasteiger partial charge in [0.25, 0.3) is 0 Å². The smallest absolute Gasteiger partial charge is 0.134 e. The van der Waals surface area contributed by atoms with E-state index in [9.17, 15) is 4.39 Å². The van der Waals surface area contributed by atoms with E-state index in [-0.39, 0.29) is 11.2 Å². The third-order valence-electron chi connectivity index (χ3n) is 3.36. The third-order valence-corrected chi connectivity index (χ3v) is 3.73. The molecule has 0 radical (unpaired) electrons. The molecule has 1 heterocycles. The van der Waals surface area contributed by atoms with Crippen LogP contribution in [0.3, 0.4) is 0 Å². The number of hydrogen-bond donors (Lipinski definition) is 0. The molecule has 0 spiro atoms. The fourth-order valence-corrected chi connectivity index (χ4v) is 2.57. The summed E-state index contributed by atoms with van der Waals surface area (Å²) in [5.74, 6) is 0.445. The number of rotatable bonds is 3. The number of hydrogen-bond acceptors (Lipinski definition) is 1. The zero-order valence-corrected chi connectivity index (χ0v) is 11.8. The Labute approximate surface area is 122 Å². The van der Waals surface area contributed by atoms with Gasteiger partial charge in [0, 0.05) is 5.39 Å². The zero-order chi connectivity index (χ0) is 14.1. The first-order valence-corrected chi connectivity index (χ1v) is 6.95. The summed E-state index contributed by atoms with van der Waals surface area (Å²) >= 11 is 6.36. The van der Waals surface area contributed by atoms with Gasteiger partial charge in [-0.3, -0.25) is 0 Å². The van der Waals surface area contributed by atoms with Crippen LogP contribution in [0.2, 0.25) is 0 Å². The molecule has 102 valence electrons. The second-order valence-electron chi connectivity index (χ2n) is 4.95. The summed E-state index contributed by atoms with van der Waals surface area (Å²) < 4.78 is 19.4. The van der Waals surface area contributed by atoms with E-state index in [2.05, 4.69) is 6.07 Å². The molecule has 0 aliphatic rings. The molecule has 0 amide bonds. The highest BCUT2D eigenvalue weighted by atomic mass is 35.5. The number of fused-ring (bicyclic) bond motifs is 1. The molecule has 1 aromatic heterocycles. The highest BCUT2D eigenvalue weighted by Crippen LogP contribution is 2.31. The minimum atomic E-state index is -0.375. The lowest BCUT2D eigenvalue weighted by molar-refractivity contribution is 0.533. The van der Waals surface area contributed by atoms with Gasteiger partial charge in [-0.15, -0.1) is 11.6 Å². The van der Waals surface area contributed by atoms with Gasteiger partial charge in [-0.25, -0.2) is 4.39 Å². The van der Waals surface area contributed by atoms with E-state index >= 15 is 0 Å². The van der Waals surface area contributed by atoms with E-state index < -0.39 is 0 Å². The van der Waals surface area contributed by atoms with E-state index in [4.69, 9.17) is 16.0 Å². The maximum absolute atomic E-state index is 13.6. The molecule has 20 heavy (non-hydrogen) atoms. The fraction of sp³-hybridized carbons (Fsp3) is 0.176. The van der Waals surface area contributed by atoms with Crippen molar-refractivity contribution in [2.24, 2.45) is 0 Å². The normalized spacial score (nSPS) is 12.8. The van der Waals surface area contributed by atoms with Crippen LogP contribution in [-0.4, -0.2) is 0 Å². The minimum Gasteiger partial charge on any atom is -0.459 e. The molecule has 3 heteroatoms. The molecule has 0 fully saturated rings.